The van der Waals surface area contributed by atoms with Gasteiger partial charge in [0.1, 0.15) is 11.5 Å². The van der Waals surface area contributed by atoms with Gasteiger partial charge in [-0.2, -0.15) is 0 Å². The highest BCUT2D eigenvalue weighted by atomic mass is 16.3. The van der Waals surface area contributed by atoms with Crippen LogP contribution in [-0.4, -0.2) is 39.7 Å². The van der Waals surface area contributed by atoms with Gasteiger partial charge in [-0.25, -0.2) is 0 Å². The molecule has 0 unspecified atom stereocenters. The first kappa shape index (κ1) is 30.3. The van der Waals surface area contributed by atoms with Crippen LogP contribution in [0, 0.1) is 0 Å². The number of hydrogen-bond donors (Lipinski definition) is 6. The molecule has 0 aliphatic rings. The third kappa shape index (κ3) is 8.67. The lowest BCUT2D eigenvalue weighted by atomic mass is 9.93. The average Bonchev–Trinajstić information content (AvgIpc) is 2.96. The molecule has 0 bridgehead atoms. The number of carbonyl (C=O) groups excluding carboxylic acids is 2. The lowest BCUT2D eigenvalue weighted by Gasteiger charge is -2.28. The highest BCUT2D eigenvalue weighted by molar-refractivity contribution is 5.78. The van der Waals surface area contributed by atoms with Crippen LogP contribution in [0.1, 0.15) is 42.2 Å². The zero-order valence-corrected chi connectivity index (χ0v) is 23.8. The first-order valence-corrected chi connectivity index (χ1v) is 13.8. The quantitative estimate of drug-likeness (QED) is 0.101. The Labute approximate surface area is 246 Å². The Kier molecular flexibility index (Phi) is 9.96. The van der Waals surface area contributed by atoms with Crippen LogP contribution in [0.5, 0.6) is 11.5 Å². The SMILES string of the molecule is CC(C)(Cc1cccc(CC(=O)NCc2cccc(-c3ccc(O)cc3)c2)c1)NC[C@H](O)c1ccc(O)c(NC=O)c1. The summed E-state index contributed by atoms with van der Waals surface area (Å²) in [7, 11) is 0. The summed E-state index contributed by atoms with van der Waals surface area (Å²) in [5, 5.41) is 38.9. The molecule has 0 aromatic heterocycles. The predicted octanol–water partition coefficient (Wildman–Crippen LogP) is 4.84. The zero-order chi connectivity index (χ0) is 30.1. The standard InChI is InChI=1S/C34H37N3O5/c1-34(2,37-21-32(41)28-11-14-31(40)30(18-28)36-22-38)19-24-6-3-5-23(15-24)17-33(42)35-20-25-7-4-8-27(16-25)26-9-12-29(39)13-10-26/h3-16,18,22,32,37,39-41H,17,19-21H2,1-2H3,(H,35,42)(H,36,38)/t32-/m0/s1. The number of carbonyl (C=O) groups is 2. The number of rotatable bonds is 13. The molecule has 0 fully saturated rings. The minimum absolute atomic E-state index is 0.0694. The van der Waals surface area contributed by atoms with E-state index in [1.165, 1.54) is 6.07 Å². The summed E-state index contributed by atoms with van der Waals surface area (Å²) in [5.74, 6) is 0.0828. The van der Waals surface area contributed by atoms with E-state index in [0.29, 0.717) is 24.9 Å². The van der Waals surface area contributed by atoms with Crippen LogP contribution >= 0.6 is 0 Å². The number of anilines is 1. The zero-order valence-electron chi connectivity index (χ0n) is 23.8. The number of aliphatic hydroxyl groups is 1. The van der Waals surface area contributed by atoms with Crippen LogP contribution in [0.25, 0.3) is 11.1 Å². The largest absolute Gasteiger partial charge is 0.508 e. The van der Waals surface area contributed by atoms with E-state index in [0.717, 1.165) is 27.8 Å². The molecule has 8 nitrogen and oxygen atoms in total. The third-order valence-electron chi connectivity index (χ3n) is 7.01. The molecule has 8 heteroatoms. The molecule has 0 spiro atoms. The van der Waals surface area contributed by atoms with Crippen molar-refractivity contribution >= 4 is 18.0 Å². The number of β-amino-alcohol motifs (C(OH)–C–C–N with tert-alkyl or cyclic N) is 1. The van der Waals surface area contributed by atoms with Crippen LogP contribution in [-0.2, 0) is 29.0 Å². The van der Waals surface area contributed by atoms with Crippen LogP contribution < -0.4 is 16.0 Å². The Morgan fingerprint density at radius 2 is 1.57 bits per heavy atom. The number of phenols is 2. The van der Waals surface area contributed by atoms with Gasteiger partial charge in [-0.05, 0) is 84.0 Å². The van der Waals surface area contributed by atoms with E-state index in [4.69, 9.17) is 0 Å². The molecule has 4 aromatic rings. The number of nitrogens with one attached hydrogen (secondary N) is 3. The normalized spacial score (nSPS) is 12.0. The second-order valence-corrected chi connectivity index (χ2v) is 11.0. The van der Waals surface area contributed by atoms with E-state index < -0.39 is 6.10 Å². The summed E-state index contributed by atoms with van der Waals surface area (Å²) in [6.45, 7) is 4.77. The molecular formula is C34H37N3O5. The van der Waals surface area contributed by atoms with Crippen LogP contribution in [0.3, 0.4) is 0 Å². The number of benzene rings is 4. The monoisotopic (exact) mass is 567 g/mol. The highest BCUT2D eigenvalue weighted by Crippen LogP contribution is 2.27. The number of aromatic hydroxyl groups is 2. The summed E-state index contributed by atoms with van der Waals surface area (Å²) in [4.78, 5) is 23.5. The topological polar surface area (TPSA) is 131 Å². The van der Waals surface area contributed by atoms with Gasteiger partial charge in [0, 0.05) is 18.6 Å². The van der Waals surface area contributed by atoms with E-state index >= 15 is 0 Å². The predicted molar refractivity (Wildman–Crippen MR) is 164 cm³/mol. The van der Waals surface area contributed by atoms with Gasteiger partial charge in [0.2, 0.25) is 12.3 Å². The van der Waals surface area contributed by atoms with Crippen molar-refractivity contribution in [1.29, 1.82) is 0 Å². The summed E-state index contributed by atoms with van der Waals surface area (Å²) < 4.78 is 0. The number of phenolic OH excluding ortho intramolecular Hbond substituents is 2. The fourth-order valence-corrected chi connectivity index (χ4v) is 4.82. The second kappa shape index (κ2) is 13.8. The Morgan fingerprint density at radius 1 is 0.857 bits per heavy atom. The Hall–Kier alpha value is -4.66. The minimum Gasteiger partial charge on any atom is -0.508 e. The minimum atomic E-state index is -0.839. The smallest absolute Gasteiger partial charge is 0.224 e. The maximum absolute atomic E-state index is 12.8. The van der Waals surface area contributed by atoms with Gasteiger partial charge < -0.3 is 31.3 Å². The lowest BCUT2D eigenvalue weighted by molar-refractivity contribution is -0.120. The van der Waals surface area contributed by atoms with Gasteiger partial charge in [-0.3, -0.25) is 9.59 Å². The Bertz CT molecular complexity index is 1520. The molecule has 0 aliphatic heterocycles. The fraction of sp³-hybridized carbons (Fsp3) is 0.235. The van der Waals surface area contributed by atoms with Crippen molar-refractivity contribution in [2.24, 2.45) is 0 Å². The van der Waals surface area contributed by atoms with Crippen molar-refractivity contribution in [3.05, 3.63) is 113 Å². The molecule has 6 N–H and O–H groups in total. The second-order valence-electron chi connectivity index (χ2n) is 11.0. The fourth-order valence-electron chi connectivity index (χ4n) is 4.82. The molecule has 2 amide bonds. The van der Waals surface area contributed by atoms with E-state index in [2.05, 4.69) is 16.0 Å². The molecule has 4 rings (SSSR count). The van der Waals surface area contributed by atoms with Gasteiger partial charge in [0.05, 0.1) is 18.2 Å². The van der Waals surface area contributed by atoms with Crippen molar-refractivity contribution in [2.45, 2.75) is 44.9 Å². The average molecular weight is 568 g/mol. The Morgan fingerprint density at radius 3 is 2.33 bits per heavy atom. The third-order valence-corrected chi connectivity index (χ3v) is 7.01. The van der Waals surface area contributed by atoms with Crippen molar-refractivity contribution < 1.29 is 24.9 Å². The number of aliphatic hydroxyl groups excluding tert-OH is 1. The Balaban J connectivity index is 1.29. The molecule has 0 heterocycles. The first-order chi connectivity index (χ1) is 20.1. The molecule has 42 heavy (non-hydrogen) atoms. The van der Waals surface area contributed by atoms with E-state index in [-0.39, 0.29) is 41.6 Å². The summed E-state index contributed by atoms with van der Waals surface area (Å²) in [6.07, 6.45) is 0.570. The maximum Gasteiger partial charge on any atom is 0.224 e. The van der Waals surface area contributed by atoms with Gasteiger partial charge >= 0.3 is 0 Å². The highest BCUT2D eigenvalue weighted by Gasteiger charge is 2.21. The van der Waals surface area contributed by atoms with Crippen LogP contribution in [0.15, 0.2) is 91.0 Å². The van der Waals surface area contributed by atoms with Crippen molar-refractivity contribution in [3.63, 3.8) is 0 Å². The van der Waals surface area contributed by atoms with E-state index in [1.807, 2.05) is 74.5 Å². The van der Waals surface area contributed by atoms with Gasteiger partial charge in [-0.1, -0.05) is 60.7 Å². The molecule has 0 radical (unpaired) electrons. The van der Waals surface area contributed by atoms with Crippen molar-refractivity contribution in [3.8, 4) is 22.6 Å². The van der Waals surface area contributed by atoms with Crippen LogP contribution in [0.2, 0.25) is 0 Å². The first-order valence-electron chi connectivity index (χ1n) is 13.8. The van der Waals surface area contributed by atoms with Gasteiger partial charge in [0.25, 0.3) is 0 Å². The maximum atomic E-state index is 12.8. The van der Waals surface area contributed by atoms with Gasteiger partial charge in [-0.15, -0.1) is 0 Å². The van der Waals surface area contributed by atoms with Crippen molar-refractivity contribution in [1.82, 2.24) is 10.6 Å². The summed E-state index contributed by atoms with van der Waals surface area (Å²) in [5.41, 5.74) is 5.43. The number of hydrogen-bond acceptors (Lipinski definition) is 6. The van der Waals surface area contributed by atoms with Crippen molar-refractivity contribution in [2.75, 3.05) is 11.9 Å². The molecule has 0 saturated heterocycles. The van der Waals surface area contributed by atoms with Crippen LogP contribution in [0.4, 0.5) is 5.69 Å². The van der Waals surface area contributed by atoms with E-state index in [1.54, 1.807) is 24.3 Å². The molecule has 4 aromatic carbocycles. The number of amides is 2. The molecular weight excluding hydrogens is 530 g/mol. The molecule has 218 valence electrons. The summed E-state index contributed by atoms with van der Waals surface area (Å²) >= 11 is 0. The van der Waals surface area contributed by atoms with E-state index in [9.17, 15) is 24.9 Å². The lowest BCUT2D eigenvalue weighted by Crippen LogP contribution is -2.43. The summed E-state index contributed by atoms with van der Waals surface area (Å²) in [6, 6.07) is 27.5. The molecule has 0 saturated carbocycles. The van der Waals surface area contributed by atoms with Gasteiger partial charge in [0.15, 0.2) is 0 Å². The molecule has 0 aliphatic carbocycles. The molecule has 1 atom stereocenters.